The summed E-state index contributed by atoms with van der Waals surface area (Å²) in [7, 11) is -2.67. The number of amides is 1. The van der Waals surface area contributed by atoms with E-state index in [-0.39, 0.29) is 48.1 Å². The van der Waals surface area contributed by atoms with Crippen molar-refractivity contribution >= 4 is 21.9 Å². The van der Waals surface area contributed by atoms with Crippen LogP contribution in [0.4, 0.5) is 19.1 Å². The lowest BCUT2D eigenvalue weighted by atomic mass is 9.96. The Kier molecular flexibility index (Phi) is 7.78. The fraction of sp³-hybridized carbons (Fsp3) is 0.333. The molecule has 6 rings (SSSR count). The molecule has 0 saturated heterocycles. The van der Waals surface area contributed by atoms with E-state index in [0.717, 1.165) is 16.7 Å². The molecule has 1 saturated carbocycles. The van der Waals surface area contributed by atoms with E-state index in [1.165, 1.54) is 35.4 Å². The van der Waals surface area contributed by atoms with Crippen molar-refractivity contribution in [2.24, 2.45) is 5.41 Å². The predicted molar refractivity (Wildman–Crippen MR) is 165 cm³/mol. The summed E-state index contributed by atoms with van der Waals surface area (Å²) in [6.45, 7) is 5.56. The number of benzene rings is 2. The molecule has 1 fully saturated rings. The van der Waals surface area contributed by atoms with Crippen LogP contribution in [0.3, 0.4) is 0 Å². The molecule has 2 aromatic carbocycles. The van der Waals surface area contributed by atoms with E-state index >= 15 is 0 Å². The maximum absolute atomic E-state index is 13.6. The van der Waals surface area contributed by atoms with Gasteiger partial charge in [0.05, 0.1) is 28.2 Å². The average Bonchev–Trinajstić information content (AvgIpc) is 3.79. The second-order valence-electron chi connectivity index (χ2n) is 12.1. The summed E-state index contributed by atoms with van der Waals surface area (Å²) in [5.74, 6) is -0.637. The normalized spacial score (nSPS) is 18.8. The minimum atomic E-state index is -4.29. The zero-order valence-corrected chi connectivity index (χ0v) is 26.5. The Balaban J connectivity index is 1.47. The third-order valence-electron chi connectivity index (χ3n) is 8.65. The number of sulfonamides is 1. The van der Waals surface area contributed by atoms with Gasteiger partial charge in [-0.3, -0.25) is 9.78 Å². The number of anilines is 1. The molecule has 1 atom stereocenters. The van der Waals surface area contributed by atoms with Crippen molar-refractivity contribution in [3.63, 3.8) is 0 Å². The smallest absolute Gasteiger partial charge is 0.394 e. The van der Waals surface area contributed by atoms with Gasteiger partial charge in [-0.05, 0) is 81.0 Å². The van der Waals surface area contributed by atoms with Gasteiger partial charge < -0.3 is 9.64 Å². The second kappa shape index (κ2) is 11.4. The predicted octanol–water partition coefficient (Wildman–Crippen LogP) is 6.36. The van der Waals surface area contributed by atoms with Gasteiger partial charge in [-0.25, -0.2) is 18.1 Å². The highest BCUT2D eigenvalue weighted by Gasteiger charge is 2.62. The number of hydrogen-bond donors (Lipinski definition) is 1. The number of carbonyl (C=O) groups excluding carboxylic acids is 1. The van der Waals surface area contributed by atoms with Crippen LogP contribution < -0.4 is 9.46 Å². The molecule has 1 N–H and O–H groups in total. The van der Waals surface area contributed by atoms with Gasteiger partial charge in [-0.1, -0.05) is 30.3 Å². The number of aromatic nitrogens is 3. The van der Waals surface area contributed by atoms with Crippen molar-refractivity contribution in [1.29, 1.82) is 0 Å². The number of nitrogens with one attached hydrogen (secondary N) is 1. The number of pyridine rings is 1. The Morgan fingerprint density at radius 1 is 1.02 bits per heavy atom. The molecule has 1 aliphatic carbocycles. The highest BCUT2D eigenvalue weighted by Crippen LogP contribution is 2.59. The number of rotatable bonds is 4. The number of aryl methyl sites for hydroxylation is 2. The molecule has 9 nitrogen and oxygen atoms in total. The minimum Gasteiger partial charge on any atom is -0.466 e. The lowest BCUT2D eigenvalue weighted by molar-refractivity contribution is -0.186. The van der Waals surface area contributed by atoms with E-state index < -0.39 is 33.6 Å². The third kappa shape index (κ3) is 5.91. The largest absolute Gasteiger partial charge is 0.466 e. The summed E-state index contributed by atoms with van der Waals surface area (Å²) in [5, 5.41) is 0. The van der Waals surface area contributed by atoms with Crippen LogP contribution in [-0.4, -0.2) is 53.9 Å². The molecule has 1 unspecified atom stereocenters. The lowest BCUT2D eigenvalue weighted by Gasteiger charge is -2.26. The van der Waals surface area contributed by atoms with Crippen LogP contribution in [0, 0.1) is 26.2 Å². The van der Waals surface area contributed by atoms with Crippen LogP contribution in [0.15, 0.2) is 65.7 Å². The van der Waals surface area contributed by atoms with Crippen molar-refractivity contribution < 1.29 is 31.1 Å². The quantitative estimate of drug-likeness (QED) is 0.273. The van der Waals surface area contributed by atoms with Crippen LogP contribution >= 0.6 is 0 Å². The van der Waals surface area contributed by atoms with E-state index in [9.17, 15) is 26.4 Å². The third-order valence-corrected chi connectivity index (χ3v) is 9.98. The molecule has 3 heterocycles. The zero-order chi connectivity index (χ0) is 33.0. The Hall–Kier alpha value is -4.52. The number of halogens is 3. The molecule has 13 heteroatoms. The lowest BCUT2D eigenvalue weighted by Crippen LogP contribution is -2.33. The Morgan fingerprint density at radius 2 is 1.72 bits per heavy atom. The first kappa shape index (κ1) is 31.5. The summed E-state index contributed by atoms with van der Waals surface area (Å²) in [6, 6.07) is 14.6. The Morgan fingerprint density at radius 3 is 2.35 bits per heavy atom. The van der Waals surface area contributed by atoms with Gasteiger partial charge in [0.2, 0.25) is 11.8 Å². The molecule has 0 radical (unpaired) electrons. The van der Waals surface area contributed by atoms with Crippen molar-refractivity contribution in [2.75, 3.05) is 18.3 Å². The van der Waals surface area contributed by atoms with Gasteiger partial charge in [-0.2, -0.15) is 18.2 Å². The molecule has 240 valence electrons. The summed E-state index contributed by atoms with van der Waals surface area (Å²) in [6.07, 6.45) is -3.81. The highest BCUT2D eigenvalue weighted by atomic mass is 32.2. The van der Waals surface area contributed by atoms with Crippen LogP contribution in [0.1, 0.15) is 57.3 Å². The van der Waals surface area contributed by atoms with E-state index in [2.05, 4.69) is 19.7 Å². The van der Waals surface area contributed by atoms with Crippen LogP contribution in [0.2, 0.25) is 0 Å². The Labute approximate surface area is 264 Å². The summed E-state index contributed by atoms with van der Waals surface area (Å²) in [4.78, 5) is 28.3. The number of nitrogens with zero attached hydrogens (tertiary/aromatic N) is 4. The van der Waals surface area contributed by atoms with Crippen molar-refractivity contribution in [2.45, 2.75) is 57.2 Å². The van der Waals surface area contributed by atoms with Gasteiger partial charge in [-0.15, -0.1) is 0 Å². The molecule has 1 amide bonds. The van der Waals surface area contributed by atoms with E-state index in [4.69, 9.17) is 4.74 Å². The highest BCUT2D eigenvalue weighted by molar-refractivity contribution is 7.92. The number of hydrogen-bond acceptors (Lipinski definition) is 7. The summed E-state index contributed by atoms with van der Waals surface area (Å²) >= 11 is 0. The molecule has 4 aromatic rings. The van der Waals surface area contributed by atoms with Crippen molar-refractivity contribution in [1.82, 2.24) is 19.9 Å². The van der Waals surface area contributed by atoms with Crippen LogP contribution in [0.25, 0.3) is 11.3 Å². The van der Waals surface area contributed by atoms with E-state index in [0.29, 0.717) is 22.5 Å². The number of carbonyl (C=O) groups is 1. The zero-order valence-electron chi connectivity index (χ0n) is 25.6. The first-order valence-electron chi connectivity index (χ1n) is 14.7. The number of alkyl halides is 3. The summed E-state index contributed by atoms with van der Waals surface area (Å²) < 4.78 is 76.7. The van der Waals surface area contributed by atoms with Gasteiger partial charge in [0.25, 0.3) is 15.9 Å². The molecule has 2 aliphatic rings. The monoisotopic (exact) mass is 651 g/mol. The number of ether oxygens (including phenoxy) is 1. The topological polar surface area (TPSA) is 114 Å². The summed E-state index contributed by atoms with van der Waals surface area (Å²) in [5.41, 5.74) is 2.78. The molecular weight excluding hydrogens is 619 g/mol. The van der Waals surface area contributed by atoms with Gasteiger partial charge in [0.1, 0.15) is 0 Å². The fourth-order valence-corrected chi connectivity index (χ4v) is 6.76. The fourth-order valence-electron chi connectivity index (χ4n) is 5.77. The molecule has 0 spiro atoms. The standard InChI is InChI=1S/C33H32F3N5O4S/c1-19-7-5-8-20(2)27(19)28-21(3)29-39-31(38-28)40-46(43,44)24-10-6-9-23(15-24)30(42)41(4)18-26(45-29)25-12-11-22(17-37-25)16-32(13-14-32)33(34,35)36/h5-12,15,17,26H,13-14,16,18H2,1-4H3,(H,38,39,40). The first-order valence-corrected chi connectivity index (χ1v) is 16.2. The van der Waals surface area contributed by atoms with Gasteiger partial charge in [0, 0.05) is 29.9 Å². The average molecular weight is 652 g/mol. The maximum atomic E-state index is 13.6. The first-order chi connectivity index (χ1) is 21.7. The van der Waals surface area contributed by atoms with Gasteiger partial charge >= 0.3 is 6.18 Å². The molecule has 4 bridgehead atoms. The second-order valence-corrected chi connectivity index (χ2v) is 13.7. The Bertz CT molecular complexity index is 1920. The number of fused-ring (bicyclic) bond motifs is 4. The molecular formula is C33H32F3N5O4S. The van der Waals surface area contributed by atoms with Gasteiger partial charge in [0.15, 0.2) is 6.10 Å². The molecule has 1 aliphatic heterocycles. The van der Waals surface area contributed by atoms with E-state index in [1.807, 2.05) is 32.0 Å². The van der Waals surface area contributed by atoms with Crippen molar-refractivity contribution in [3.8, 4) is 17.1 Å². The van der Waals surface area contributed by atoms with E-state index in [1.54, 1.807) is 26.1 Å². The number of likely N-dealkylation sites (N-methyl/N-ethyl adjacent to an activating group) is 1. The van der Waals surface area contributed by atoms with Crippen molar-refractivity contribution in [3.05, 3.63) is 94.3 Å². The molecule has 46 heavy (non-hydrogen) atoms. The molecule has 2 aromatic heterocycles. The SMILES string of the molecule is Cc1cccc(C)c1-c1nc2nc(c1C)OC(c1ccc(CC3(C(F)(F)F)CC3)cn1)CN(C)C(=O)c1cccc(c1)S(=O)(=O)N2. The maximum Gasteiger partial charge on any atom is 0.394 e. The van der Waals surface area contributed by atoms with Crippen LogP contribution in [0.5, 0.6) is 5.88 Å². The minimum absolute atomic E-state index is 0.0282. The van der Waals surface area contributed by atoms with Crippen LogP contribution in [-0.2, 0) is 16.4 Å².